The van der Waals surface area contributed by atoms with Crippen LogP contribution in [0.3, 0.4) is 0 Å². The molecule has 0 radical (unpaired) electrons. The SMILES string of the molecule is CCc1nc2ccc(-c3ccc(CC(=O)N4CC(O)C4)nc3)cn2c1N(C)c1nc(-c2ccc(F)cc2)c(C#N)s1. The number of β-amino-alcohol motifs (C(OH)–C–C–N with tert-alkyl or cyclic N) is 1. The fraction of sp³-hybridized carbons (Fsp3) is 0.233. The highest BCUT2D eigenvalue weighted by Crippen LogP contribution is 2.37. The number of pyridine rings is 2. The van der Waals surface area contributed by atoms with Crippen molar-refractivity contribution in [2.24, 2.45) is 0 Å². The zero-order chi connectivity index (χ0) is 28.7. The van der Waals surface area contributed by atoms with E-state index in [-0.39, 0.29) is 18.1 Å². The summed E-state index contributed by atoms with van der Waals surface area (Å²) in [6, 6.07) is 15.9. The summed E-state index contributed by atoms with van der Waals surface area (Å²) in [4.78, 5) is 30.5. The van der Waals surface area contributed by atoms with E-state index in [1.54, 1.807) is 23.2 Å². The smallest absolute Gasteiger partial charge is 0.228 e. The van der Waals surface area contributed by atoms with E-state index in [1.807, 2.05) is 53.7 Å². The summed E-state index contributed by atoms with van der Waals surface area (Å²) in [5.41, 5.74) is 5.33. The number of halogens is 1. The molecule has 0 saturated carbocycles. The molecule has 1 aliphatic heterocycles. The van der Waals surface area contributed by atoms with Crippen LogP contribution in [0, 0.1) is 17.1 Å². The maximum absolute atomic E-state index is 13.5. The molecule has 6 rings (SSSR count). The Bertz CT molecular complexity index is 1780. The number of benzene rings is 1. The van der Waals surface area contributed by atoms with E-state index in [4.69, 9.17) is 9.97 Å². The summed E-state index contributed by atoms with van der Waals surface area (Å²) in [6.45, 7) is 2.80. The first-order valence-electron chi connectivity index (χ1n) is 13.2. The highest BCUT2D eigenvalue weighted by molar-refractivity contribution is 7.16. The van der Waals surface area contributed by atoms with Crippen LogP contribution in [-0.4, -0.2) is 61.5 Å². The number of hydrogen-bond donors (Lipinski definition) is 1. The maximum atomic E-state index is 13.5. The van der Waals surface area contributed by atoms with Crippen LogP contribution < -0.4 is 4.90 Å². The van der Waals surface area contributed by atoms with Crippen molar-refractivity contribution in [2.45, 2.75) is 25.9 Å². The predicted molar refractivity (Wildman–Crippen MR) is 154 cm³/mol. The molecule has 1 aromatic carbocycles. The number of aliphatic hydroxyl groups excluding tert-OH is 1. The molecule has 5 heterocycles. The minimum atomic E-state index is -0.426. The lowest BCUT2D eigenvalue weighted by atomic mass is 10.1. The monoisotopic (exact) mass is 567 g/mol. The molecule has 0 unspecified atom stereocenters. The minimum absolute atomic E-state index is 0.0421. The van der Waals surface area contributed by atoms with Gasteiger partial charge in [0.15, 0.2) is 5.13 Å². The number of nitrogens with zero attached hydrogens (tertiary/aromatic N) is 7. The molecule has 41 heavy (non-hydrogen) atoms. The third-order valence-corrected chi connectivity index (χ3v) is 8.18. The van der Waals surface area contributed by atoms with Gasteiger partial charge in [0.25, 0.3) is 0 Å². The summed E-state index contributed by atoms with van der Waals surface area (Å²) >= 11 is 1.27. The van der Waals surface area contributed by atoms with E-state index in [1.165, 1.54) is 23.5 Å². The van der Waals surface area contributed by atoms with Gasteiger partial charge in [-0.25, -0.2) is 14.4 Å². The number of anilines is 2. The third kappa shape index (κ3) is 5.03. The molecule has 0 aliphatic carbocycles. The molecular formula is C30H26FN7O2S. The summed E-state index contributed by atoms with van der Waals surface area (Å²) in [6.07, 6.45) is 4.21. The zero-order valence-electron chi connectivity index (χ0n) is 22.5. The van der Waals surface area contributed by atoms with Gasteiger partial charge in [0.1, 0.15) is 33.9 Å². The van der Waals surface area contributed by atoms with Crippen LogP contribution in [0.25, 0.3) is 28.0 Å². The van der Waals surface area contributed by atoms with Crippen LogP contribution in [0.15, 0.2) is 60.9 Å². The van der Waals surface area contributed by atoms with Crippen molar-refractivity contribution >= 4 is 33.8 Å². The molecule has 5 aromatic rings. The Morgan fingerprint density at radius 2 is 1.85 bits per heavy atom. The Kier molecular flexibility index (Phi) is 6.95. The number of amides is 1. The lowest BCUT2D eigenvalue weighted by molar-refractivity contribution is -0.140. The highest BCUT2D eigenvalue weighted by atomic mass is 32.1. The van der Waals surface area contributed by atoms with Gasteiger partial charge in [-0.1, -0.05) is 24.3 Å². The number of nitriles is 1. The number of aromatic nitrogens is 4. The number of rotatable bonds is 7. The standard InChI is InChI=1S/C30H26FN7O2S/c1-3-24-29(36(2)30-35-28(25(13-32)41-30)18-4-8-21(31)9-5-18)38-15-20(7-11-26(38)34-24)19-6-10-22(33-14-19)12-27(40)37-16-23(39)17-37/h4-11,14-15,23,39H,3,12,16-17H2,1-2H3. The average molecular weight is 568 g/mol. The molecule has 1 amide bonds. The van der Waals surface area contributed by atoms with Crippen molar-refractivity contribution in [3.05, 3.63) is 83.0 Å². The van der Waals surface area contributed by atoms with Gasteiger partial charge in [-0.15, -0.1) is 0 Å². The molecule has 0 atom stereocenters. The number of carbonyl (C=O) groups excluding carboxylic acids is 1. The number of aliphatic hydroxyl groups is 1. The van der Waals surface area contributed by atoms with Crippen molar-refractivity contribution in [1.82, 2.24) is 24.3 Å². The van der Waals surface area contributed by atoms with Crippen molar-refractivity contribution < 1.29 is 14.3 Å². The molecule has 1 saturated heterocycles. The van der Waals surface area contributed by atoms with Gasteiger partial charge in [0, 0.05) is 54.9 Å². The number of fused-ring (bicyclic) bond motifs is 1. The summed E-state index contributed by atoms with van der Waals surface area (Å²) in [5, 5.41) is 19.8. The number of imidazole rings is 1. The quantitative estimate of drug-likeness (QED) is 0.306. The van der Waals surface area contributed by atoms with Crippen molar-refractivity contribution in [2.75, 3.05) is 25.0 Å². The van der Waals surface area contributed by atoms with E-state index in [0.29, 0.717) is 46.5 Å². The van der Waals surface area contributed by atoms with Crippen LogP contribution >= 0.6 is 11.3 Å². The normalized spacial score (nSPS) is 13.3. The summed E-state index contributed by atoms with van der Waals surface area (Å²) in [7, 11) is 1.90. The molecule has 1 N–H and O–H groups in total. The second kappa shape index (κ2) is 10.7. The van der Waals surface area contributed by atoms with Crippen LogP contribution in [0.2, 0.25) is 0 Å². The topological polar surface area (TPSA) is 111 Å². The second-order valence-electron chi connectivity index (χ2n) is 9.90. The number of hydrogen-bond acceptors (Lipinski definition) is 8. The minimum Gasteiger partial charge on any atom is -0.389 e. The molecule has 4 aromatic heterocycles. The number of thiazole rings is 1. The van der Waals surface area contributed by atoms with Crippen LogP contribution in [0.4, 0.5) is 15.3 Å². The van der Waals surface area contributed by atoms with Crippen molar-refractivity contribution in [3.63, 3.8) is 0 Å². The van der Waals surface area contributed by atoms with E-state index in [9.17, 15) is 19.6 Å². The Morgan fingerprint density at radius 1 is 1.12 bits per heavy atom. The lowest BCUT2D eigenvalue weighted by Crippen LogP contribution is -2.54. The van der Waals surface area contributed by atoms with E-state index >= 15 is 0 Å². The molecule has 0 spiro atoms. The Hall–Kier alpha value is -4.66. The summed E-state index contributed by atoms with van der Waals surface area (Å²) < 4.78 is 15.5. The van der Waals surface area contributed by atoms with Gasteiger partial charge in [0.2, 0.25) is 5.91 Å². The Balaban J connectivity index is 1.31. The molecule has 9 nitrogen and oxygen atoms in total. The van der Waals surface area contributed by atoms with Gasteiger partial charge in [-0.3, -0.25) is 14.2 Å². The predicted octanol–water partition coefficient (Wildman–Crippen LogP) is 4.61. The van der Waals surface area contributed by atoms with Gasteiger partial charge >= 0.3 is 0 Å². The van der Waals surface area contributed by atoms with Gasteiger partial charge < -0.3 is 14.9 Å². The fourth-order valence-electron chi connectivity index (χ4n) is 4.89. The van der Waals surface area contributed by atoms with E-state index in [2.05, 4.69) is 11.1 Å². The maximum Gasteiger partial charge on any atom is 0.228 e. The van der Waals surface area contributed by atoms with Gasteiger partial charge in [-0.05, 0) is 48.9 Å². The first-order chi connectivity index (χ1) is 19.8. The molecule has 1 aliphatic rings. The molecule has 206 valence electrons. The van der Waals surface area contributed by atoms with Gasteiger partial charge in [-0.2, -0.15) is 5.26 Å². The first-order valence-corrected chi connectivity index (χ1v) is 14.0. The second-order valence-corrected chi connectivity index (χ2v) is 10.9. The average Bonchev–Trinajstić information content (AvgIpc) is 3.57. The van der Waals surface area contributed by atoms with Gasteiger partial charge in [0.05, 0.1) is 18.2 Å². The lowest BCUT2D eigenvalue weighted by Gasteiger charge is -2.35. The number of carbonyl (C=O) groups is 1. The fourth-order valence-corrected chi connectivity index (χ4v) is 5.74. The van der Waals surface area contributed by atoms with Crippen molar-refractivity contribution in [1.29, 1.82) is 5.26 Å². The molecule has 11 heteroatoms. The van der Waals surface area contributed by atoms with Crippen LogP contribution in [0.5, 0.6) is 0 Å². The third-order valence-electron chi connectivity index (χ3n) is 7.14. The Labute approximate surface area is 239 Å². The zero-order valence-corrected chi connectivity index (χ0v) is 23.3. The molecule has 0 bridgehead atoms. The van der Waals surface area contributed by atoms with E-state index < -0.39 is 6.10 Å². The number of aryl methyl sites for hydroxylation is 1. The first kappa shape index (κ1) is 26.6. The summed E-state index contributed by atoms with van der Waals surface area (Å²) in [5.74, 6) is 0.444. The highest BCUT2D eigenvalue weighted by Gasteiger charge is 2.28. The molecular weight excluding hydrogens is 541 g/mol. The van der Waals surface area contributed by atoms with Crippen molar-refractivity contribution in [3.8, 4) is 28.5 Å². The van der Waals surface area contributed by atoms with Crippen LogP contribution in [-0.2, 0) is 17.6 Å². The number of likely N-dealkylation sites (tertiary alicyclic amines) is 1. The van der Waals surface area contributed by atoms with E-state index in [0.717, 1.165) is 28.3 Å². The Morgan fingerprint density at radius 3 is 2.51 bits per heavy atom. The van der Waals surface area contributed by atoms with Crippen LogP contribution in [0.1, 0.15) is 23.2 Å². The molecule has 1 fully saturated rings. The largest absolute Gasteiger partial charge is 0.389 e.